The van der Waals surface area contributed by atoms with E-state index in [-0.39, 0.29) is 36.0 Å². The van der Waals surface area contributed by atoms with Crippen molar-refractivity contribution in [1.82, 2.24) is 10.2 Å². The maximum absolute atomic E-state index is 13.7. The van der Waals surface area contributed by atoms with Gasteiger partial charge in [0.2, 0.25) is 5.91 Å². The molecular formula is C19H27FN2O3. The third-order valence-electron chi connectivity index (χ3n) is 5.77. The minimum atomic E-state index is -0.294. The monoisotopic (exact) mass is 350 g/mol. The lowest BCUT2D eigenvalue weighted by molar-refractivity contribution is -0.125. The van der Waals surface area contributed by atoms with Gasteiger partial charge in [-0.1, -0.05) is 18.2 Å². The van der Waals surface area contributed by atoms with E-state index in [9.17, 15) is 9.18 Å². The zero-order valence-corrected chi connectivity index (χ0v) is 15.0. The van der Waals surface area contributed by atoms with Crippen LogP contribution in [0.1, 0.15) is 31.2 Å². The Bertz CT molecular complexity index is 612. The molecule has 1 aliphatic heterocycles. The second kappa shape index (κ2) is 7.81. The number of nitrogens with one attached hydrogen (secondary N) is 1. The largest absolute Gasteiger partial charge is 0.381 e. The molecule has 6 heteroatoms. The second-order valence-corrected chi connectivity index (χ2v) is 7.01. The van der Waals surface area contributed by atoms with Crippen molar-refractivity contribution in [1.29, 1.82) is 0 Å². The SMILES string of the molecule is CO[C@H]1CC[C@@]2(OC)CCN(CC(=O)NCc3ccccc3F)[C@H]2C1. The molecule has 1 N–H and O–H groups in total. The van der Waals surface area contributed by atoms with Crippen molar-refractivity contribution < 1.29 is 18.7 Å². The van der Waals surface area contributed by atoms with Crippen LogP contribution in [0.2, 0.25) is 0 Å². The molecule has 138 valence electrons. The van der Waals surface area contributed by atoms with Crippen LogP contribution in [-0.2, 0) is 20.8 Å². The van der Waals surface area contributed by atoms with E-state index < -0.39 is 0 Å². The molecule has 3 atom stereocenters. The number of amides is 1. The Morgan fingerprint density at radius 2 is 2.16 bits per heavy atom. The van der Waals surface area contributed by atoms with Gasteiger partial charge < -0.3 is 14.8 Å². The fourth-order valence-electron chi connectivity index (χ4n) is 4.24. The standard InChI is InChI=1S/C19H27FN2O3/c1-24-15-7-8-19(25-2)9-10-22(17(19)11-15)13-18(23)21-12-14-5-3-4-6-16(14)20/h3-6,15,17H,7-13H2,1-2H3,(H,21,23)/t15-,17-,19+/m0/s1. The van der Waals surface area contributed by atoms with E-state index in [1.165, 1.54) is 6.07 Å². The van der Waals surface area contributed by atoms with Crippen LogP contribution in [0.15, 0.2) is 24.3 Å². The maximum atomic E-state index is 13.7. The molecule has 1 amide bonds. The van der Waals surface area contributed by atoms with E-state index in [4.69, 9.17) is 9.47 Å². The lowest BCUT2D eigenvalue weighted by Gasteiger charge is -2.43. The Morgan fingerprint density at radius 3 is 2.88 bits per heavy atom. The van der Waals surface area contributed by atoms with Crippen LogP contribution < -0.4 is 5.32 Å². The first-order valence-corrected chi connectivity index (χ1v) is 8.90. The fourth-order valence-corrected chi connectivity index (χ4v) is 4.24. The van der Waals surface area contributed by atoms with E-state index in [0.717, 1.165) is 32.2 Å². The third-order valence-corrected chi connectivity index (χ3v) is 5.77. The van der Waals surface area contributed by atoms with Crippen LogP contribution in [-0.4, -0.2) is 55.9 Å². The number of nitrogens with zero attached hydrogens (tertiary/aromatic N) is 1. The summed E-state index contributed by atoms with van der Waals surface area (Å²) < 4.78 is 25.1. The van der Waals surface area contributed by atoms with Crippen LogP contribution in [0.4, 0.5) is 4.39 Å². The number of fused-ring (bicyclic) bond motifs is 1. The predicted octanol–water partition coefficient (Wildman–Crippen LogP) is 2.10. The normalized spacial score (nSPS) is 29.4. The van der Waals surface area contributed by atoms with Crippen LogP contribution in [0.3, 0.4) is 0 Å². The molecule has 1 heterocycles. The molecule has 1 aromatic carbocycles. The topological polar surface area (TPSA) is 50.8 Å². The molecule has 1 saturated carbocycles. The highest BCUT2D eigenvalue weighted by molar-refractivity contribution is 5.78. The first-order chi connectivity index (χ1) is 12.1. The molecule has 1 saturated heterocycles. The molecule has 2 fully saturated rings. The number of ether oxygens (including phenoxy) is 2. The van der Waals surface area contributed by atoms with Crippen molar-refractivity contribution in [3.8, 4) is 0 Å². The van der Waals surface area contributed by atoms with Gasteiger partial charge in [0.05, 0.1) is 18.2 Å². The number of hydrogen-bond donors (Lipinski definition) is 1. The van der Waals surface area contributed by atoms with Gasteiger partial charge >= 0.3 is 0 Å². The van der Waals surface area contributed by atoms with Gasteiger partial charge in [0.15, 0.2) is 0 Å². The number of rotatable bonds is 6. The molecule has 0 aromatic heterocycles. The van der Waals surface area contributed by atoms with E-state index in [1.807, 2.05) is 0 Å². The smallest absolute Gasteiger partial charge is 0.234 e. The molecular weight excluding hydrogens is 323 g/mol. The van der Waals surface area contributed by atoms with Gasteiger partial charge in [-0.25, -0.2) is 4.39 Å². The molecule has 3 rings (SSSR count). The first kappa shape index (κ1) is 18.3. The van der Waals surface area contributed by atoms with Crippen LogP contribution in [0.5, 0.6) is 0 Å². The zero-order valence-electron chi connectivity index (χ0n) is 15.0. The third kappa shape index (κ3) is 3.86. The number of benzene rings is 1. The number of halogens is 1. The van der Waals surface area contributed by atoms with Crippen molar-refractivity contribution in [3.63, 3.8) is 0 Å². The average molecular weight is 350 g/mol. The van der Waals surface area contributed by atoms with Crippen molar-refractivity contribution in [2.24, 2.45) is 0 Å². The summed E-state index contributed by atoms with van der Waals surface area (Å²) in [5.74, 6) is -0.382. The Hall–Kier alpha value is -1.50. The maximum Gasteiger partial charge on any atom is 0.234 e. The van der Waals surface area contributed by atoms with Crippen molar-refractivity contribution in [2.45, 2.75) is 50.0 Å². The summed E-state index contributed by atoms with van der Waals surface area (Å²) >= 11 is 0. The first-order valence-electron chi connectivity index (χ1n) is 8.90. The Balaban J connectivity index is 1.58. The van der Waals surface area contributed by atoms with Gasteiger partial charge in [-0.2, -0.15) is 0 Å². The Kier molecular flexibility index (Phi) is 5.71. The Morgan fingerprint density at radius 1 is 1.36 bits per heavy atom. The highest BCUT2D eigenvalue weighted by Gasteiger charge is 2.51. The van der Waals surface area contributed by atoms with E-state index in [1.54, 1.807) is 32.4 Å². The summed E-state index contributed by atoms with van der Waals surface area (Å²) in [5.41, 5.74) is 0.335. The van der Waals surface area contributed by atoms with Gasteiger partial charge in [-0.15, -0.1) is 0 Å². The van der Waals surface area contributed by atoms with E-state index in [0.29, 0.717) is 12.1 Å². The molecule has 0 radical (unpaired) electrons. The number of carbonyl (C=O) groups excluding carboxylic acids is 1. The molecule has 2 aliphatic rings. The molecule has 5 nitrogen and oxygen atoms in total. The molecule has 25 heavy (non-hydrogen) atoms. The fraction of sp³-hybridized carbons (Fsp3) is 0.632. The summed E-state index contributed by atoms with van der Waals surface area (Å²) in [5, 5.41) is 2.83. The highest BCUT2D eigenvalue weighted by Crippen LogP contribution is 2.42. The van der Waals surface area contributed by atoms with Crippen LogP contribution in [0, 0.1) is 5.82 Å². The quantitative estimate of drug-likeness (QED) is 0.854. The highest BCUT2D eigenvalue weighted by atomic mass is 19.1. The average Bonchev–Trinajstić information content (AvgIpc) is 2.99. The number of likely N-dealkylation sites (tertiary alicyclic amines) is 1. The number of methoxy groups -OCH3 is 2. The van der Waals surface area contributed by atoms with Crippen molar-refractivity contribution >= 4 is 5.91 Å². The second-order valence-electron chi connectivity index (χ2n) is 7.01. The summed E-state index contributed by atoms with van der Waals surface area (Å²) in [6, 6.07) is 6.69. The van der Waals surface area contributed by atoms with E-state index >= 15 is 0 Å². The predicted molar refractivity (Wildman–Crippen MR) is 92.6 cm³/mol. The number of carbonyl (C=O) groups is 1. The lowest BCUT2D eigenvalue weighted by atomic mass is 9.79. The van der Waals surface area contributed by atoms with Gasteiger partial charge in [0, 0.05) is 38.9 Å². The van der Waals surface area contributed by atoms with Gasteiger partial charge in [0.1, 0.15) is 5.82 Å². The molecule has 0 bridgehead atoms. The van der Waals surface area contributed by atoms with Crippen LogP contribution >= 0.6 is 0 Å². The van der Waals surface area contributed by atoms with Crippen molar-refractivity contribution in [3.05, 3.63) is 35.6 Å². The summed E-state index contributed by atoms with van der Waals surface area (Å²) in [7, 11) is 3.51. The zero-order chi connectivity index (χ0) is 17.9. The minimum absolute atomic E-state index is 0.0882. The van der Waals surface area contributed by atoms with Crippen LogP contribution in [0.25, 0.3) is 0 Å². The molecule has 1 aliphatic carbocycles. The van der Waals surface area contributed by atoms with Crippen molar-refractivity contribution in [2.75, 3.05) is 27.3 Å². The van der Waals surface area contributed by atoms with Gasteiger partial charge in [-0.05, 0) is 31.7 Å². The summed E-state index contributed by atoms with van der Waals surface area (Å²) in [4.78, 5) is 14.5. The molecule has 0 spiro atoms. The molecule has 1 aromatic rings. The summed E-state index contributed by atoms with van der Waals surface area (Å²) in [6.07, 6.45) is 3.99. The van der Waals surface area contributed by atoms with Gasteiger partial charge in [-0.3, -0.25) is 9.69 Å². The Labute approximate surface area is 148 Å². The molecule has 0 unspecified atom stereocenters. The minimum Gasteiger partial charge on any atom is -0.381 e. The van der Waals surface area contributed by atoms with E-state index in [2.05, 4.69) is 10.2 Å². The lowest BCUT2D eigenvalue weighted by Crippen LogP contribution is -2.53. The number of hydrogen-bond acceptors (Lipinski definition) is 4. The van der Waals surface area contributed by atoms with Gasteiger partial charge in [0.25, 0.3) is 0 Å². The summed E-state index contributed by atoms with van der Waals surface area (Å²) in [6.45, 7) is 1.35.